The van der Waals surface area contributed by atoms with Crippen molar-refractivity contribution in [1.29, 1.82) is 0 Å². The van der Waals surface area contributed by atoms with E-state index in [-0.39, 0.29) is 0 Å². The average Bonchev–Trinajstić information content (AvgIpc) is 3.23. The van der Waals surface area contributed by atoms with Crippen LogP contribution in [0.2, 0.25) is 0 Å². The van der Waals surface area contributed by atoms with E-state index in [1.165, 1.54) is 65.3 Å². The third kappa shape index (κ3) is 5.21. The van der Waals surface area contributed by atoms with Gasteiger partial charge in [-0.3, -0.25) is 0 Å². The summed E-state index contributed by atoms with van der Waals surface area (Å²) in [7, 11) is 0. The minimum absolute atomic E-state index is 0.705. The summed E-state index contributed by atoms with van der Waals surface area (Å²) in [6.07, 6.45) is 0. The van der Waals surface area contributed by atoms with Crippen LogP contribution in [0.3, 0.4) is 0 Å². The second kappa shape index (κ2) is 12.5. The van der Waals surface area contributed by atoms with Gasteiger partial charge in [0, 0.05) is 16.7 Å². The summed E-state index contributed by atoms with van der Waals surface area (Å²) in [6.45, 7) is 0. The summed E-state index contributed by atoms with van der Waals surface area (Å²) in [5.41, 5.74) is 9.68. The highest BCUT2D eigenvalue weighted by Gasteiger charge is 2.14. The Balaban J connectivity index is 1.06. The molecule has 1 aromatic heterocycles. The molecule has 0 aliphatic heterocycles. The first-order valence-electron chi connectivity index (χ1n) is 17.7. The van der Waals surface area contributed by atoms with Crippen LogP contribution in [-0.2, 0) is 0 Å². The Morgan fingerprint density at radius 1 is 0.250 bits per heavy atom. The van der Waals surface area contributed by atoms with E-state index in [0.29, 0.717) is 5.82 Å². The number of nitrogens with zero attached hydrogens (tertiary/aromatic N) is 2. The summed E-state index contributed by atoms with van der Waals surface area (Å²) >= 11 is 0. The maximum Gasteiger partial charge on any atom is 0.160 e. The average molecular weight is 661 g/mol. The molecular formula is C50H32N2. The zero-order chi connectivity index (χ0) is 34.4. The molecule has 0 atom stereocenters. The topological polar surface area (TPSA) is 25.8 Å². The van der Waals surface area contributed by atoms with Crippen molar-refractivity contribution in [2.45, 2.75) is 0 Å². The van der Waals surface area contributed by atoms with E-state index in [2.05, 4.69) is 188 Å². The van der Waals surface area contributed by atoms with Gasteiger partial charge in [-0.15, -0.1) is 0 Å². The molecule has 1 heterocycles. The minimum Gasteiger partial charge on any atom is -0.228 e. The SMILES string of the molecule is c1ccc(-c2cc(-c3ccc(-c4cc5ccccc5c5ccccc45)cc3)nc(-c3ccc(-c4cc5ccccc5c5ccccc45)cc3)n2)cc1. The predicted molar refractivity (Wildman–Crippen MR) is 219 cm³/mol. The minimum atomic E-state index is 0.705. The molecule has 0 saturated heterocycles. The Bertz CT molecular complexity index is 2750. The highest BCUT2D eigenvalue weighted by Crippen LogP contribution is 2.38. The smallest absolute Gasteiger partial charge is 0.160 e. The first-order chi connectivity index (χ1) is 25.8. The quantitative estimate of drug-likeness (QED) is 0.172. The normalized spacial score (nSPS) is 11.5. The highest BCUT2D eigenvalue weighted by molar-refractivity contribution is 6.15. The van der Waals surface area contributed by atoms with E-state index < -0.39 is 0 Å². The molecule has 0 unspecified atom stereocenters. The Kier molecular flexibility index (Phi) is 7.18. The van der Waals surface area contributed by atoms with Crippen molar-refractivity contribution in [3.8, 4) is 56.2 Å². The van der Waals surface area contributed by atoms with Crippen molar-refractivity contribution in [2.24, 2.45) is 0 Å². The Morgan fingerprint density at radius 3 is 1.12 bits per heavy atom. The van der Waals surface area contributed by atoms with Gasteiger partial charge in [0.2, 0.25) is 0 Å². The van der Waals surface area contributed by atoms with Gasteiger partial charge in [0.15, 0.2) is 5.82 Å². The third-order valence-corrected chi connectivity index (χ3v) is 10.3. The van der Waals surface area contributed by atoms with E-state index in [1.807, 2.05) is 6.07 Å². The van der Waals surface area contributed by atoms with Gasteiger partial charge in [0.05, 0.1) is 11.4 Å². The summed E-state index contributed by atoms with van der Waals surface area (Å²) in [5.74, 6) is 0.705. The molecule has 2 heteroatoms. The van der Waals surface area contributed by atoms with Gasteiger partial charge in [-0.05, 0) is 83.5 Å². The molecular weight excluding hydrogens is 629 g/mol. The van der Waals surface area contributed by atoms with Crippen molar-refractivity contribution < 1.29 is 0 Å². The third-order valence-electron chi connectivity index (χ3n) is 10.3. The maximum absolute atomic E-state index is 5.17. The molecule has 0 aliphatic rings. The van der Waals surface area contributed by atoms with E-state index in [9.17, 15) is 0 Å². The second-order valence-electron chi connectivity index (χ2n) is 13.4. The number of rotatable bonds is 5. The molecule has 242 valence electrons. The number of hydrogen-bond acceptors (Lipinski definition) is 2. The van der Waals surface area contributed by atoms with Gasteiger partial charge in [-0.25, -0.2) is 9.97 Å². The zero-order valence-electron chi connectivity index (χ0n) is 28.4. The van der Waals surface area contributed by atoms with Gasteiger partial charge in [-0.2, -0.15) is 0 Å². The van der Waals surface area contributed by atoms with Crippen LogP contribution in [0.25, 0.3) is 99.2 Å². The second-order valence-corrected chi connectivity index (χ2v) is 13.4. The fourth-order valence-electron chi connectivity index (χ4n) is 7.69. The maximum atomic E-state index is 5.17. The first kappa shape index (κ1) is 30.0. The summed E-state index contributed by atoms with van der Waals surface area (Å²) in [5, 5.41) is 10.1. The number of fused-ring (bicyclic) bond motifs is 6. The van der Waals surface area contributed by atoms with Gasteiger partial charge in [0.25, 0.3) is 0 Å². The molecule has 0 bridgehead atoms. The van der Waals surface area contributed by atoms with Crippen LogP contribution in [0.4, 0.5) is 0 Å². The molecule has 0 radical (unpaired) electrons. The van der Waals surface area contributed by atoms with Crippen molar-refractivity contribution in [2.75, 3.05) is 0 Å². The molecule has 0 saturated carbocycles. The molecule has 10 rings (SSSR count). The Hall–Kier alpha value is -6.90. The molecule has 9 aromatic carbocycles. The van der Waals surface area contributed by atoms with Gasteiger partial charge >= 0.3 is 0 Å². The van der Waals surface area contributed by atoms with Crippen LogP contribution in [0.15, 0.2) is 194 Å². The molecule has 0 spiro atoms. The monoisotopic (exact) mass is 660 g/mol. The van der Waals surface area contributed by atoms with E-state index >= 15 is 0 Å². The van der Waals surface area contributed by atoms with Crippen LogP contribution in [0.1, 0.15) is 0 Å². The van der Waals surface area contributed by atoms with E-state index in [1.54, 1.807) is 0 Å². The molecule has 0 N–H and O–H groups in total. The lowest BCUT2D eigenvalue weighted by Crippen LogP contribution is -1.96. The standard InChI is InChI=1S/C50H32N2/c1-2-12-35(13-3-1)48-32-49(36-26-22-33(23-27-36)46-30-38-14-4-6-16-40(38)42-18-8-10-20-44(42)46)52-50(51-48)37-28-24-34(25-29-37)47-31-39-15-5-7-17-41(39)43-19-9-11-21-45(43)47/h1-32H. The van der Waals surface area contributed by atoms with Crippen LogP contribution < -0.4 is 0 Å². The van der Waals surface area contributed by atoms with Crippen LogP contribution in [-0.4, -0.2) is 9.97 Å². The number of hydrogen-bond donors (Lipinski definition) is 0. The predicted octanol–water partition coefficient (Wildman–Crippen LogP) is 13.4. The largest absolute Gasteiger partial charge is 0.228 e. The molecule has 2 nitrogen and oxygen atoms in total. The van der Waals surface area contributed by atoms with Gasteiger partial charge in [0.1, 0.15) is 0 Å². The lowest BCUT2D eigenvalue weighted by atomic mass is 9.92. The molecule has 10 aromatic rings. The summed E-state index contributed by atoms with van der Waals surface area (Å²) in [6, 6.07) is 69.3. The van der Waals surface area contributed by atoms with Crippen molar-refractivity contribution in [3.05, 3.63) is 194 Å². The first-order valence-corrected chi connectivity index (χ1v) is 17.7. The van der Waals surface area contributed by atoms with Gasteiger partial charge < -0.3 is 0 Å². The van der Waals surface area contributed by atoms with E-state index in [4.69, 9.17) is 9.97 Å². The Morgan fingerprint density at radius 2 is 0.615 bits per heavy atom. The van der Waals surface area contributed by atoms with Crippen LogP contribution in [0.5, 0.6) is 0 Å². The number of aromatic nitrogens is 2. The summed E-state index contributed by atoms with van der Waals surface area (Å²) in [4.78, 5) is 10.3. The molecule has 0 amide bonds. The fourth-order valence-corrected chi connectivity index (χ4v) is 7.69. The van der Waals surface area contributed by atoms with Crippen LogP contribution >= 0.6 is 0 Å². The number of benzene rings is 9. The van der Waals surface area contributed by atoms with Crippen molar-refractivity contribution >= 4 is 43.1 Å². The van der Waals surface area contributed by atoms with Crippen molar-refractivity contribution in [3.63, 3.8) is 0 Å². The fraction of sp³-hybridized carbons (Fsp3) is 0. The lowest BCUT2D eigenvalue weighted by Gasteiger charge is -2.13. The van der Waals surface area contributed by atoms with Crippen molar-refractivity contribution in [1.82, 2.24) is 9.97 Å². The molecule has 0 fully saturated rings. The van der Waals surface area contributed by atoms with Crippen LogP contribution in [0, 0.1) is 0 Å². The molecule has 52 heavy (non-hydrogen) atoms. The summed E-state index contributed by atoms with van der Waals surface area (Å²) < 4.78 is 0. The zero-order valence-corrected chi connectivity index (χ0v) is 28.4. The Labute approximate surface area is 302 Å². The molecule has 0 aliphatic carbocycles. The highest BCUT2D eigenvalue weighted by atomic mass is 14.9. The van der Waals surface area contributed by atoms with E-state index in [0.717, 1.165) is 28.1 Å². The lowest BCUT2D eigenvalue weighted by molar-refractivity contribution is 1.18. The van der Waals surface area contributed by atoms with Gasteiger partial charge in [-0.1, -0.05) is 176 Å².